The number of hydrogen-bond acceptors (Lipinski definition) is 4. The third kappa shape index (κ3) is 3.31. The number of hydrogen-bond donors (Lipinski definition) is 0. The lowest BCUT2D eigenvalue weighted by atomic mass is 9.79. The van der Waals surface area contributed by atoms with Crippen molar-refractivity contribution in [2.45, 2.75) is 50.7 Å². The number of rotatable bonds is 3. The van der Waals surface area contributed by atoms with E-state index in [0.717, 1.165) is 12.1 Å². The molecule has 0 fully saturated rings. The van der Waals surface area contributed by atoms with E-state index in [4.69, 9.17) is 0 Å². The highest BCUT2D eigenvalue weighted by Crippen LogP contribution is 2.43. The SMILES string of the molecule is Cc1ccc2c(c1)[C@@H](C)CC(C)(C)N2C(=O)CSc1ncccn1. The Bertz CT molecular complexity index is 746. The number of carbonyl (C=O) groups excluding carboxylic acids is 1. The Morgan fingerprint density at radius 3 is 2.75 bits per heavy atom. The first-order valence-corrected chi connectivity index (χ1v) is 9.20. The summed E-state index contributed by atoms with van der Waals surface area (Å²) >= 11 is 1.39. The van der Waals surface area contributed by atoms with Crippen LogP contribution in [0.4, 0.5) is 5.69 Å². The average molecular weight is 341 g/mol. The van der Waals surface area contributed by atoms with Gasteiger partial charge >= 0.3 is 0 Å². The van der Waals surface area contributed by atoms with Crippen molar-refractivity contribution in [3.8, 4) is 0 Å². The van der Waals surface area contributed by atoms with Crippen LogP contribution in [0, 0.1) is 6.92 Å². The van der Waals surface area contributed by atoms with Crippen molar-refractivity contribution < 1.29 is 4.79 Å². The predicted octanol–water partition coefficient (Wildman–Crippen LogP) is 4.20. The van der Waals surface area contributed by atoms with E-state index in [9.17, 15) is 4.79 Å². The van der Waals surface area contributed by atoms with E-state index in [0.29, 0.717) is 16.8 Å². The van der Waals surface area contributed by atoms with Gasteiger partial charge in [0.2, 0.25) is 5.91 Å². The molecule has 1 aliphatic heterocycles. The molecule has 0 saturated heterocycles. The van der Waals surface area contributed by atoms with Crippen molar-refractivity contribution in [3.05, 3.63) is 47.8 Å². The van der Waals surface area contributed by atoms with Crippen LogP contribution in [-0.4, -0.2) is 27.2 Å². The highest BCUT2D eigenvalue weighted by atomic mass is 32.2. The minimum atomic E-state index is -0.198. The Morgan fingerprint density at radius 1 is 1.33 bits per heavy atom. The van der Waals surface area contributed by atoms with Gasteiger partial charge in [-0.3, -0.25) is 4.79 Å². The van der Waals surface area contributed by atoms with Gasteiger partial charge in [-0.15, -0.1) is 0 Å². The summed E-state index contributed by atoms with van der Waals surface area (Å²) in [5.41, 5.74) is 3.35. The number of nitrogens with zero attached hydrogens (tertiary/aromatic N) is 3. The van der Waals surface area contributed by atoms with Crippen LogP contribution >= 0.6 is 11.8 Å². The predicted molar refractivity (Wildman–Crippen MR) is 98.5 cm³/mol. The van der Waals surface area contributed by atoms with Crippen molar-refractivity contribution in [1.29, 1.82) is 0 Å². The largest absolute Gasteiger partial charge is 0.306 e. The first kappa shape index (κ1) is 17.0. The van der Waals surface area contributed by atoms with Gasteiger partial charge in [0.15, 0.2) is 5.16 Å². The molecule has 1 aliphatic rings. The van der Waals surface area contributed by atoms with Gasteiger partial charge < -0.3 is 4.90 Å². The molecule has 0 N–H and O–H groups in total. The van der Waals surface area contributed by atoms with Gasteiger partial charge in [0.05, 0.1) is 5.75 Å². The Labute approximate surface area is 147 Å². The van der Waals surface area contributed by atoms with E-state index >= 15 is 0 Å². The number of aryl methyl sites for hydroxylation is 1. The molecule has 0 bridgehead atoms. The molecule has 24 heavy (non-hydrogen) atoms. The molecule has 0 radical (unpaired) electrons. The van der Waals surface area contributed by atoms with Crippen LogP contribution in [0.1, 0.15) is 44.2 Å². The van der Waals surface area contributed by atoms with Crippen LogP contribution in [0.15, 0.2) is 41.8 Å². The molecule has 0 unspecified atom stereocenters. The van der Waals surface area contributed by atoms with Gasteiger partial charge in [-0.2, -0.15) is 0 Å². The highest BCUT2D eigenvalue weighted by Gasteiger charge is 2.39. The molecular weight excluding hydrogens is 318 g/mol. The zero-order valence-electron chi connectivity index (χ0n) is 14.6. The van der Waals surface area contributed by atoms with Gasteiger partial charge in [-0.25, -0.2) is 9.97 Å². The number of carbonyl (C=O) groups is 1. The van der Waals surface area contributed by atoms with E-state index in [1.165, 1.54) is 22.9 Å². The Morgan fingerprint density at radius 2 is 2.04 bits per heavy atom. The fraction of sp³-hybridized carbons (Fsp3) is 0.421. The Hall–Kier alpha value is -1.88. The van der Waals surface area contributed by atoms with Gasteiger partial charge in [-0.05, 0) is 50.8 Å². The van der Waals surface area contributed by atoms with E-state index in [1.54, 1.807) is 18.5 Å². The summed E-state index contributed by atoms with van der Waals surface area (Å²) < 4.78 is 0. The Balaban J connectivity index is 1.87. The number of fused-ring (bicyclic) bond motifs is 1. The van der Waals surface area contributed by atoms with Gasteiger partial charge in [0, 0.05) is 23.6 Å². The lowest BCUT2D eigenvalue weighted by Crippen LogP contribution is -2.52. The molecule has 2 heterocycles. The molecule has 126 valence electrons. The summed E-state index contributed by atoms with van der Waals surface area (Å²) in [5.74, 6) is 0.897. The second-order valence-electron chi connectivity index (χ2n) is 7.03. The summed E-state index contributed by atoms with van der Waals surface area (Å²) in [6.07, 6.45) is 4.36. The first-order chi connectivity index (χ1) is 11.4. The van der Waals surface area contributed by atoms with Gasteiger partial charge in [0.25, 0.3) is 0 Å². The third-order valence-corrected chi connectivity index (χ3v) is 5.34. The fourth-order valence-corrected chi connectivity index (χ4v) is 4.22. The number of anilines is 1. The zero-order chi connectivity index (χ0) is 17.3. The first-order valence-electron chi connectivity index (χ1n) is 8.22. The van der Waals surface area contributed by atoms with Crippen molar-refractivity contribution in [2.75, 3.05) is 10.7 Å². The normalized spacial score (nSPS) is 19.0. The summed E-state index contributed by atoms with van der Waals surface area (Å²) in [4.78, 5) is 23.3. The van der Waals surface area contributed by atoms with Crippen LogP contribution in [0.5, 0.6) is 0 Å². The quantitative estimate of drug-likeness (QED) is 0.620. The molecule has 4 nitrogen and oxygen atoms in total. The fourth-order valence-electron chi connectivity index (χ4n) is 3.57. The van der Waals surface area contributed by atoms with Crippen LogP contribution < -0.4 is 4.90 Å². The molecule has 1 aromatic carbocycles. The second kappa shape index (κ2) is 6.55. The molecule has 5 heteroatoms. The molecule has 0 saturated carbocycles. The summed E-state index contributed by atoms with van der Waals surface area (Å²) in [6.45, 7) is 8.64. The topological polar surface area (TPSA) is 46.1 Å². The molecule has 1 amide bonds. The number of aromatic nitrogens is 2. The highest BCUT2D eigenvalue weighted by molar-refractivity contribution is 7.99. The van der Waals surface area contributed by atoms with Gasteiger partial charge in [-0.1, -0.05) is 36.4 Å². The maximum atomic E-state index is 13.0. The van der Waals surface area contributed by atoms with Crippen molar-refractivity contribution in [3.63, 3.8) is 0 Å². The van der Waals surface area contributed by atoms with Crippen molar-refractivity contribution in [2.24, 2.45) is 0 Å². The molecule has 0 aliphatic carbocycles. The third-order valence-electron chi connectivity index (χ3n) is 4.48. The number of thioether (sulfide) groups is 1. The molecule has 3 rings (SSSR count). The van der Waals surface area contributed by atoms with Crippen LogP contribution in [0.2, 0.25) is 0 Å². The maximum Gasteiger partial charge on any atom is 0.237 e. The second-order valence-corrected chi connectivity index (χ2v) is 7.97. The van der Waals surface area contributed by atoms with Crippen molar-refractivity contribution in [1.82, 2.24) is 9.97 Å². The summed E-state index contributed by atoms with van der Waals surface area (Å²) in [5, 5.41) is 0.637. The minimum Gasteiger partial charge on any atom is -0.306 e. The lowest BCUT2D eigenvalue weighted by molar-refractivity contribution is -0.117. The minimum absolute atomic E-state index is 0.106. The average Bonchev–Trinajstić information content (AvgIpc) is 2.54. The van der Waals surface area contributed by atoms with E-state index in [-0.39, 0.29) is 11.4 Å². The standard InChI is InChI=1S/C19H23N3OS/c1-13-6-7-16-15(10-13)14(2)11-19(3,4)22(16)17(23)12-24-18-20-8-5-9-21-18/h5-10,14H,11-12H2,1-4H3/t14-/m0/s1. The molecule has 1 aromatic heterocycles. The van der Waals surface area contributed by atoms with Crippen molar-refractivity contribution >= 4 is 23.4 Å². The van der Waals surface area contributed by atoms with Crippen LogP contribution in [0.25, 0.3) is 0 Å². The van der Waals surface area contributed by atoms with E-state index in [2.05, 4.69) is 55.9 Å². The van der Waals surface area contributed by atoms with Crippen LogP contribution in [-0.2, 0) is 4.79 Å². The smallest absolute Gasteiger partial charge is 0.237 e. The monoisotopic (exact) mass is 341 g/mol. The van der Waals surface area contributed by atoms with Gasteiger partial charge in [0.1, 0.15) is 0 Å². The molecular formula is C19H23N3OS. The lowest BCUT2D eigenvalue weighted by Gasteiger charge is -2.46. The van der Waals surface area contributed by atoms with E-state index < -0.39 is 0 Å². The van der Waals surface area contributed by atoms with Crippen LogP contribution in [0.3, 0.4) is 0 Å². The maximum absolute atomic E-state index is 13.0. The zero-order valence-corrected chi connectivity index (χ0v) is 15.4. The Kier molecular flexibility index (Phi) is 4.63. The number of amides is 1. The molecule has 1 atom stereocenters. The van der Waals surface area contributed by atoms with E-state index in [1.807, 2.05) is 4.90 Å². The summed E-state index contributed by atoms with van der Waals surface area (Å²) in [6, 6.07) is 8.16. The summed E-state index contributed by atoms with van der Waals surface area (Å²) in [7, 11) is 0. The number of benzene rings is 1. The molecule has 0 spiro atoms. The molecule has 2 aromatic rings.